The number of fused-ring (bicyclic) bond motifs is 1. The highest BCUT2D eigenvalue weighted by Crippen LogP contribution is 2.54. The van der Waals surface area contributed by atoms with Crippen molar-refractivity contribution in [2.24, 2.45) is 11.3 Å². The zero-order chi connectivity index (χ0) is 24.6. The van der Waals surface area contributed by atoms with E-state index >= 15 is 0 Å². The Hall–Kier alpha value is -3.37. The van der Waals surface area contributed by atoms with Gasteiger partial charge in [0, 0.05) is 41.9 Å². The second kappa shape index (κ2) is 9.35. The average molecular weight is 490 g/mol. The molecule has 8 heteroatoms. The maximum Gasteiger partial charge on any atom is 0.303 e. The number of carboxylic acids is 1. The molecule has 35 heavy (non-hydrogen) atoms. The van der Waals surface area contributed by atoms with Crippen molar-refractivity contribution < 1.29 is 9.90 Å². The average Bonchev–Trinajstić information content (AvgIpc) is 2.83. The molecule has 2 fully saturated rings. The first-order chi connectivity index (χ1) is 16.9. The van der Waals surface area contributed by atoms with Gasteiger partial charge in [0.1, 0.15) is 0 Å². The Morgan fingerprint density at radius 1 is 1.20 bits per heavy atom. The van der Waals surface area contributed by atoms with Crippen molar-refractivity contribution in [3.05, 3.63) is 64.0 Å². The van der Waals surface area contributed by atoms with Crippen LogP contribution in [0, 0.1) is 24.8 Å². The van der Waals surface area contributed by atoms with Crippen LogP contribution in [0.25, 0.3) is 15.6 Å². The van der Waals surface area contributed by atoms with Gasteiger partial charge >= 0.3 is 5.97 Å². The van der Waals surface area contributed by atoms with Crippen LogP contribution in [-0.2, 0) is 11.3 Å². The van der Waals surface area contributed by atoms with E-state index in [0.29, 0.717) is 24.0 Å². The van der Waals surface area contributed by atoms with Gasteiger partial charge in [-0.05, 0) is 67.2 Å². The lowest BCUT2D eigenvalue weighted by Gasteiger charge is -2.52. The molecule has 5 rings (SSSR count). The zero-order valence-electron chi connectivity index (χ0n) is 19.7. The summed E-state index contributed by atoms with van der Waals surface area (Å²) in [6.07, 6.45) is 4.40. The van der Waals surface area contributed by atoms with Crippen molar-refractivity contribution >= 4 is 45.7 Å². The Bertz CT molecular complexity index is 1320. The number of aryl methyl sites for hydroxylation is 1. The number of nitrogens with zero attached hydrogens (tertiary/aromatic N) is 4. The minimum absolute atomic E-state index is 0.286. The summed E-state index contributed by atoms with van der Waals surface area (Å²) in [5, 5.41) is 24.2. The lowest BCUT2D eigenvalue weighted by atomic mass is 9.57. The largest absolute Gasteiger partial charge is 0.481 e. The molecule has 0 amide bonds. The van der Waals surface area contributed by atoms with Crippen molar-refractivity contribution in [1.29, 1.82) is 0 Å². The summed E-state index contributed by atoms with van der Waals surface area (Å²) >= 11 is 6.28. The maximum atomic E-state index is 11.0. The fourth-order valence-corrected chi connectivity index (χ4v) is 5.85. The van der Waals surface area contributed by atoms with Crippen LogP contribution < -0.4 is 10.2 Å². The van der Waals surface area contributed by atoms with Gasteiger partial charge in [-0.1, -0.05) is 35.9 Å². The summed E-state index contributed by atoms with van der Waals surface area (Å²) in [6.45, 7) is 11.7. The van der Waals surface area contributed by atoms with E-state index in [1.165, 1.54) is 0 Å². The van der Waals surface area contributed by atoms with Crippen LogP contribution in [0.15, 0.2) is 36.4 Å². The quantitative estimate of drug-likeness (QED) is 0.399. The first-order valence-electron chi connectivity index (χ1n) is 12.0. The third kappa shape index (κ3) is 4.76. The molecule has 2 heterocycles. The summed E-state index contributed by atoms with van der Waals surface area (Å²) in [4.78, 5) is 16.9. The molecule has 7 nitrogen and oxygen atoms in total. The highest BCUT2D eigenvalue weighted by atomic mass is 35.5. The zero-order valence-corrected chi connectivity index (χ0v) is 20.5. The monoisotopic (exact) mass is 489 g/mol. The van der Waals surface area contributed by atoms with Crippen molar-refractivity contribution in [1.82, 2.24) is 10.2 Å². The van der Waals surface area contributed by atoms with Gasteiger partial charge in [0.05, 0.1) is 6.57 Å². The van der Waals surface area contributed by atoms with Crippen LogP contribution in [0.1, 0.15) is 43.2 Å². The molecule has 2 aromatic carbocycles. The van der Waals surface area contributed by atoms with Gasteiger partial charge in [0.25, 0.3) is 0 Å². The third-order valence-electron chi connectivity index (χ3n) is 7.60. The van der Waals surface area contributed by atoms with Crippen LogP contribution in [0.3, 0.4) is 0 Å². The number of hydrogen-bond acceptors (Lipinski definition) is 5. The lowest BCUT2D eigenvalue weighted by Crippen LogP contribution is -2.47. The van der Waals surface area contributed by atoms with Crippen molar-refractivity contribution in [2.45, 2.75) is 45.6 Å². The summed E-state index contributed by atoms with van der Waals surface area (Å²) in [7, 11) is 0. The highest BCUT2D eigenvalue weighted by molar-refractivity contribution is 6.31. The SMILES string of the molecule is [C-]#[N+]c1ccc2c(N3CCC4(CC3)CC(CC(=O)O)C4)nnc(NCc3ccc(C)c(Cl)c3)c2c1. The minimum Gasteiger partial charge on any atom is -0.481 e. The van der Waals surface area contributed by atoms with E-state index < -0.39 is 5.97 Å². The van der Waals surface area contributed by atoms with Gasteiger partial charge in [-0.15, -0.1) is 10.2 Å². The Labute approximate surface area is 209 Å². The van der Waals surface area contributed by atoms with Crippen LogP contribution >= 0.6 is 11.6 Å². The molecule has 0 radical (unpaired) electrons. The molecule has 0 unspecified atom stereocenters. The first-order valence-corrected chi connectivity index (χ1v) is 12.4. The molecule has 1 saturated heterocycles. The predicted octanol–water partition coefficient (Wildman–Crippen LogP) is 6.23. The van der Waals surface area contributed by atoms with E-state index in [0.717, 1.165) is 71.5 Å². The van der Waals surface area contributed by atoms with E-state index in [2.05, 4.69) is 25.3 Å². The number of carbonyl (C=O) groups is 1. The summed E-state index contributed by atoms with van der Waals surface area (Å²) < 4.78 is 0. The Kier molecular flexibility index (Phi) is 6.24. The summed E-state index contributed by atoms with van der Waals surface area (Å²) in [5.74, 6) is 1.12. The molecule has 0 atom stereocenters. The molecule has 2 N–H and O–H groups in total. The van der Waals surface area contributed by atoms with E-state index in [-0.39, 0.29) is 11.8 Å². The van der Waals surface area contributed by atoms with E-state index in [1.54, 1.807) is 0 Å². The molecule has 180 valence electrons. The van der Waals surface area contributed by atoms with Crippen LogP contribution in [-0.4, -0.2) is 34.4 Å². The summed E-state index contributed by atoms with van der Waals surface area (Å²) in [5.41, 5.74) is 2.93. The lowest BCUT2D eigenvalue weighted by molar-refractivity contribution is -0.140. The molecular formula is C27H28ClN5O2. The number of benzene rings is 2. The Morgan fingerprint density at radius 3 is 2.66 bits per heavy atom. The number of halogens is 1. The van der Waals surface area contributed by atoms with Gasteiger partial charge in [-0.3, -0.25) is 4.79 Å². The van der Waals surface area contributed by atoms with E-state index in [4.69, 9.17) is 23.3 Å². The fraction of sp³-hybridized carbons (Fsp3) is 0.407. The van der Waals surface area contributed by atoms with Crippen LogP contribution in [0.2, 0.25) is 5.02 Å². The molecule has 1 saturated carbocycles. The number of rotatable bonds is 6. The van der Waals surface area contributed by atoms with Crippen molar-refractivity contribution in [2.75, 3.05) is 23.3 Å². The molecular weight excluding hydrogens is 462 g/mol. The molecule has 3 aromatic rings. The van der Waals surface area contributed by atoms with Gasteiger partial charge in [-0.2, -0.15) is 0 Å². The van der Waals surface area contributed by atoms with Gasteiger partial charge in [0.15, 0.2) is 17.3 Å². The fourth-order valence-electron chi connectivity index (χ4n) is 5.65. The van der Waals surface area contributed by atoms with Gasteiger partial charge in [0.2, 0.25) is 0 Å². The smallest absolute Gasteiger partial charge is 0.303 e. The second-order valence-electron chi connectivity index (χ2n) is 10.0. The number of carboxylic acid groups (broad SMARTS) is 1. The Morgan fingerprint density at radius 2 is 1.97 bits per heavy atom. The van der Waals surface area contributed by atoms with Crippen molar-refractivity contribution in [3.8, 4) is 0 Å². The Balaban J connectivity index is 1.35. The number of nitrogens with one attached hydrogen (secondary N) is 1. The number of piperidine rings is 1. The topological polar surface area (TPSA) is 82.7 Å². The van der Waals surface area contributed by atoms with Crippen LogP contribution in [0.5, 0.6) is 0 Å². The molecule has 1 aliphatic heterocycles. The maximum absolute atomic E-state index is 11.0. The predicted molar refractivity (Wildman–Crippen MR) is 138 cm³/mol. The number of anilines is 2. The number of aliphatic carboxylic acids is 1. The van der Waals surface area contributed by atoms with Crippen LogP contribution in [0.4, 0.5) is 17.3 Å². The third-order valence-corrected chi connectivity index (χ3v) is 8.01. The first kappa shape index (κ1) is 23.4. The van der Waals surface area contributed by atoms with Gasteiger partial charge in [-0.25, -0.2) is 4.85 Å². The van der Waals surface area contributed by atoms with E-state index in [9.17, 15) is 4.79 Å². The molecule has 1 aliphatic carbocycles. The number of aromatic nitrogens is 2. The summed E-state index contributed by atoms with van der Waals surface area (Å²) in [6, 6.07) is 11.7. The normalized spacial score (nSPS) is 17.2. The minimum atomic E-state index is -0.693. The second-order valence-corrected chi connectivity index (χ2v) is 10.4. The van der Waals surface area contributed by atoms with Gasteiger partial charge < -0.3 is 15.3 Å². The molecule has 1 aromatic heterocycles. The highest BCUT2D eigenvalue weighted by Gasteiger charge is 2.46. The standard InChI is InChI=1S/C27H28ClN5O2/c1-17-3-4-18(11-23(17)28)16-30-25-22-13-20(29-2)5-6-21(22)26(32-31-25)33-9-7-27(8-10-33)14-19(15-27)12-24(34)35/h3-6,11,13,19H,7-10,12,14-16H2,1H3,(H,30,31)(H,34,35). The molecule has 2 aliphatic rings. The van der Waals surface area contributed by atoms with Crippen molar-refractivity contribution in [3.63, 3.8) is 0 Å². The number of hydrogen-bond donors (Lipinski definition) is 2. The molecule has 0 bridgehead atoms. The van der Waals surface area contributed by atoms with E-state index in [1.807, 2.05) is 43.3 Å². The molecule has 1 spiro atoms.